The molecule has 1 aromatic heterocycles. The molecule has 1 aliphatic heterocycles. The molecule has 2 aromatic rings. The third kappa shape index (κ3) is 3.75. The number of carbonyl (C=O) groups excluding carboxylic acids is 2. The molecule has 2 N–H and O–H groups in total. The van der Waals surface area contributed by atoms with Crippen LogP contribution in [0.1, 0.15) is 13.8 Å². The van der Waals surface area contributed by atoms with E-state index in [1.165, 1.54) is 26.0 Å². The van der Waals surface area contributed by atoms with Gasteiger partial charge in [-0.15, -0.1) is 10.2 Å². The molecular weight excluding hydrogens is 382 g/mol. The fourth-order valence-electron chi connectivity index (χ4n) is 2.33. The lowest BCUT2D eigenvalue weighted by Gasteiger charge is -2.28. The van der Waals surface area contributed by atoms with Gasteiger partial charge in [-0.1, -0.05) is 11.3 Å². The van der Waals surface area contributed by atoms with Gasteiger partial charge in [0.05, 0.1) is 17.9 Å². The van der Waals surface area contributed by atoms with E-state index in [-0.39, 0.29) is 27.0 Å². The van der Waals surface area contributed by atoms with Gasteiger partial charge in [0.15, 0.2) is 0 Å². The zero-order valence-electron chi connectivity index (χ0n) is 13.8. The SMILES string of the molecule is CC(=O)Nc1nnc(S(=O)(=O)Nc2ccc3c(c2)OCCN3C(C)=O)s1. The van der Waals surface area contributed by atoms with Crippen molar-refractivity contribution in [1.29, 1.82) is 0 Å². The number of rotatable bonds is 4. The van der Waals surface area contributed by atoms with Crippen LogP contribution in [-0.4, -0.2) is 43.6 Å². The first-order valence-electron chi connectivity index (χ1n) is 7.45. The van der Waals surface area contributed by atoms with Crippen molar-refractivity contribution in [3.63, 3.8) is 0 Å². The fraction of sp³-hybridized carbons (Fsp3) is 0.286. The molecule has 10 nitrogen and oxygen atoms in total. The normalized spacial score (nSPS) is 13.5. The molecule has 0 saturated carbocycles. The molecule has 3 rings (SSSR count). The Morgan fingerprint density at radius 2 is 2.04 bits per heavy atom. The smallest absolute Gasteiger partial charge is 0.291 e. The molecule has 0 aliphatic carbocycles. The minimum absolute atomic E-state index is 0.0868. The standard InChI is InChI=1S/C14H15N5O5S2/c1-8(20)15-13-16-17-14(25-13)26(22,23)18-10-3-4-11-12(7-10)24-6-5-19(11)9(2)21/h3-4,7,18H,5-6H2,1-2H3,(H,15,16,20). The maximum atomic E-state index is 12.4. The number of amides is 2. The minimum atomic E-state index is -3.98. The highest BCUT2D eigenvalue weighted by Crippen LogP contribution is 2.35. The largest absolute Gasteiger partial charge is 0.489 e. The van der Waals surface area contributed by atoms with Gasteiger partial charge in [0, 0.05) is 19.9 Å². The fourth-order valence-corrected chi connectivity index (χ4v) is 4.33. The molecule has 138 valence electrons. The van der Waals surface area contributed by atoms with Crippen molar-refractivity contribution < 1.29 is 22.7 Å². The van der Waals surface area contributed by atoms with Crippen molar-refractivity contribution in [2.45, 2.75) is 18.2 Å². The Morgan fingerprint density at radius 1 is 1.27 bits per heavy atom. The summed E-state index contributed by atoms with van der Waals surface area (Å²) in [5.74, 6) is -0.0926. The first-order valence-corrected chi connectivity index (χ1v) is 9.75. The van der Waals surface area contributed by atoms with E-state index in [1.54, 1.807) is 11.0 Å². The van der Waals surface area contributed by atoms with E-state index in [1.807, 2.05) is 0 Å². The highest BCUT2D eigenvalue weighted by molar-refractivity contribution is 7.94. The van der Waals surface area contributed by atoms with Gasteiger partial charge in [0.2, 0.25) is 16.9 Å². The summed E-state index contributed by atoms with van der Waals surface area (Å²) in [7, 11) is -3.98. The summed E-state index contributed by atoms with van der Waals surface area (Å²) >= 11 is 0.732. The van der Waals surface area contributed by atoms with E-state index >= 15 is 0 Å². The first-order chi connectivity index (χ1) is 12.3. The molecule has 0 unspecified atom stereocenters. The quantitative estimate of drug-likeness (QED) is 0.737. The first kappa shape index (κ1) is 18.1. The Kier molecular flexibility index (Phi) is 4.78. The Bertz CT molecular complexity index is 972. The van der Waals surface area contributed by atoms with E-state index in [9.17, 15) is 18.0 Å². The van der Waals surface area contributed by atoms with E-state index in [0.717, 1.165) is 11.3 Å². The average molecular weight is 397 g/mol. The number of anilines is 3. The molecule has 0 bridgehead atoms. The van der Waals surface area contributed by atoms with E-state index < -0.39 is 10.0 Å². The van der Waals surface area contributed by atoms with Crippen LogP contribution in [0.25, 0.3) is 0 Å². The lowest BCUT2D eigenvalue weighted by atomic mass is 10.2. The maximum absolute atomic E-state index is 12.4. The highest BCUT2D eigenvalue weighted by atomic mass is 32.2. The summed E-state index contributed by atoms with van der Waals surface area (Å²) < 4.78 is 32.4. The number of benzene rings is 1. The van der Waals surface area contributed by atoms with Crippen molar-refractivity contribution in [1.82, 2.24) is 10.2 Å². The number of fused-ring (bicyclic) bond motifs is 1. The van der Waals surface area contributed by atoms with Gasteiger partial charge in [-0.05, 0) is 12.1 Å². The maximum Gasteiger partial charge on any atom is 0.291 e. The van der Waals surface area contributed by atoms with E-state index in [2.05, 4.69) is 20.2 Å². The molecule has 0 radical (unpaired) electrons. The molecule has 26 heavy (non-hydrogen) atoms. The molecule has 1 aromatic carbocycles. The number of aromatic nitrogens is 2. The predicted molar refractivity (Wildman–Crippen MR) is 95.0 cm³/mol. The Balaban J connectivity index is 1.83. The van der Waals surface area contributed by atoms with Crippen LogP contribution in [0, 0.1) is 0 Å². The van der Waals surface area contributed by atoms with Crippen LogP contribution in [0.4, 0.5) is 16.5 Å². The van der Waals surface area contributed by atoms with Crippen molar-refractivity contribution >= 4 is 49.7 Å². The van der Waals surface area contributed by atoms with Gasteiger partial charge in [-0.2, -0.15) is 8.42 Å². The second kappa shape index (κ2) is 6.88. The summed E-state index contributed by atoms with van der Waals surface area (Å²) in [5, 5.41) is 9.65. The number of carbonyl (C=O) groups is 2. The van der Waals surface area contributed by atoms with Gasteiger partial charge in [-0.25, -0.2) is 0 Å². The van der Waals surface area contributed by atoms with Crippen LogP contribution in [0.5, 0.6) is 5.75 Å². The summed E-state index contributed by atoms with van der Waals surface area (Å²) in [6.07, 6.45) is 0. The Labute approximate surface area is 153 Å². The number of nitrogens with zero attached hydrogens (tertiary/aromatic N) is 3. The third-order valence-corrected chi connectivity index (χ3v) is 5.96. The van der Waals surface area contributed by atoms with E-state index in [4.69, 9.17) is 4.74 Å². The van der Waals surface area contributed by atoms with Crippen LogP contribution in [0.2, 0.25) is 0 Å². The number of hydrogen-bond donors (Lipinski definition) is 2. The van der Waals surface area contributed by atoms with Crippen molar-refractivity contribution in [2.75, 3.05) is 28.1 Å². The average Bonchev–Trinajstić information content (AvgIpc) is 3.02. The van der Waals surface area contributed by atoms with Crippen molar-refractivity contribution in [3.8, 4) is 5.75 Å². The van der Waals surface area contributed by atoms with Gasteiger partial charge in [0.25, 0.3) is 14.4 Å². The molecule has 0 saturated heterocycles. The summed E-state index contributed by atoms with van der Waals surface area (Å²) in [4.78, 5) is 24.2. The highest BCUT2D eigenvalue weighted by Gasteiger charge is 2.24. The number of hydrogen-bond acceptors (Lipinski definition) is 8. The molecule has 2 amide bonds. The van der Waals surface area contributed by atoms with Crippen molar-refractivity contribution in [3.05, 3.63) is 18.2 Å². The molecular formula is C14H15N5O5S2. The third-order valence-electron chi connectivity index (χ3n) is 3.37. The monoisotopic (exact) mass is 397 g/mol. The molecule has 2 heterocycles. The molecule has 0 atom stereocenters. The molecule has 0 spiro atoms. The lowest BCUT2D eigenvalue weighted by molar-refractivity contribution is -0.117. The van der Waals surface area contributed by atoms with Crippen LogP contribution < -0.4 is 19.7 Å². The number of nitrogens with one attached hydrogen (secondary N) is 2. The van der Waals surface area contributed by atoms with Gasteiger partial charge < -0.3 is 15.0 Å². The molecule has 1 aliphatic rings. The zero-order chi connectivity index (χ0) is 18.9. The predicted octanol–water partition coefficient (Wildman–Crippen LogP) is 1.04. The second-order valence-electron chi connectivity index (χ2n) is 5.36. The summed E-state index contributed by atoms with van der Waals surface area (Å²) in [6.45, 7) is 3.49. The zero-order valence-corrected chi connectivity index (χ0v) is 15.5. The lowest BCUT2D eigenvalue weighted by Crippen LogP contribution is -2.36. The van der Waals surface area contributed by atoms with Crippen LogP contribution in [0.15, 0.2) is 22.5 Å². The van der Waals surface area contributed by atoms with E-state index in [0.29, 0.717) is 24.6 Å². The summed E-state index contributed by atoms with van der Waals surface area (Å²) in [6, 6.07) is 4.63. The number of sulfonamides is 1. The Hall–Kier alpha value is -2.73. The van der Waals surface area contributed by atoms with Crippen LogP contribution >= 0.6 is 11.3 Å². The van der Waals surface area contributed by atoms with Crippen LogP contribution in [0.3, 0.4) is 0 Å². The van der Waals surface area contributed by atoms with Gasteiger partial charge in [0.1, 0.15) is 12.4 Å². The molecule has 0 fully saturated rings. The van der Waals surface area contributed by atoms with Crippen LogP contribution in [-0.2, 0) is 19.6 Å². The number of ether oxygens (including phenoxy) is 1. The second-order valence-corrected chi connectivity index (χ2v) is 8.20. The topological polar surface area (TPSA) is 131 Å². The van der Waals surface area contributed by atoms with Gasteiger partial charge in [-0.3, -0.25) is 14.3 Å². The van der Waals surface area contributed by atoms with Crippen molar-refractivity contribution in [2.24, 2.45) is 0 Å². The molecule has 12 heteroatoms. The minimum Gasteiger partial charge on any atom is -0.489 e. The Morgan fingerprint density at radius 3 is 2.73 bits per heavy atom. The van der Waals surface area contributed by atoms with Gasteiger partial charge >= 0.3 is 0 Å². The summed E-state index contributed by atoms with van der Waals surface area (Å²) in [5.41, 5.74) is 0.834.